The first kappa shape index (κ1) is 9.04. The van der Waals surface area contributed by atoms with E-state index in [2.05, 4.69) is 26.1 Å². The fraction of sp³-hybridized carbons (Fsp3) is 0.909. The first-order valence-electron chi connectivity index (χ1n) is 5.29. The molecule has 1 amide bonds. The van der Waals surface area contributed by atoms with E-state index >= 15 is 0 Å². The van der Waals surface area contributed by atoms with Crippen molar-refractivity contribution in [2.45, 2.75) is 52.0 Å². The van der Waals surface area contributed by atoms with Crippen LogP contribution in [0.25, 0.3) is 0 Å². The molecule has 1 N–H and O–H groups in total. The predicted octanol–water partition coefficient (Wildman–Crippen LogP) is 2.09. The van der Waals surface area contributed by atoms with E-state index in [4.69, 9.17) is 0 Å². The van der Waals surface area contributed by atoms with Crippen molar-refractivity contribution >= 4 is 5.91 Å². The van der Waals surface area contributed by atoms with Crippen LogP contribution in [0, 0.1) is 11.3 Å². The van der Waals surface area contributed by atoms with Crippen molar-refractivity contribution in [2.24, 2.45) is 11.3 Å². The van der Waals surface area contributed by atoms with Crippen molar-refractivity contribution in [3.63, 3.8) is 0 Å². The maximum absolute atomic E-state index is 11.5. The van der Waals surface area contributed by atoms with Crippen molar-refractivity contribution < 1.29 is 4.79 Å². The van der Waals surface area contributed by atoms with E-state index in [0.717, 1.165) is 6.42 Å². The topological polar surface area (TPSA) is 29.1 Å². The molecule has 0 radical (unpaired) electrons. The molecule has 2 unspecified atom stereocenters. The summed E-state index contributed by atoms with van der Waals surface area (Å²) in [4.78, 5) is 11.5. The molecule has 1 aliphatic carbocycles. The minimum absolute atomic E-state index is 0.0139. The van der Waals surface area contributed by atoms with Gasteiger partial charge in [0, 0.05) is 17.4 Å². The summed E-state index contributed by atoms with van der Waals surface area (Å²) in [5.74, 6) is 0.945. The third-order valence-electron chi connectivity index (χ3n) is 4.38. The van der Waals surface area contributed by atoms with E-state index in [-0.39, 0.29) is 16.9 Å². The van der Waals surface area contributed by atoms with Crippen molar-refractivity contribution in [3.05, 3.63) is 0 Å². The highest BCUT2D eigenvalue weighted by Gasteiger charge is 2.56. The van der Waals surface area contributed by atoms with Crippen molar-refractivity contribution in [2.75, 3.05) is 0 Å². The van der Waals surface area contributed by atoms with Crippen molar-refractivity contribution in [3.8, 4) is 0 Å². The van der Waals surface area contributed by atoms with Crippen LogP contribution in [-0.2, 0) is 4.79 Å². The van der Waals surface area contributed by atoms with Crippen LogP contribution in [0.1, 0.15) is 46.5 Å². The van der Waals surface area contributed by atoms with E-state index in [1.54, 1.807) is 0 Å². The van der Waals surface area contributed by atoms with Gasteiger partial charge in [0.2, 0.25) is 5.91 Å². The lowest BCUT2D eigenvalue weighted by Gasteiger charge is -2.40. The molecule has 1 spiro atoms. The van der Waals surface area contributed by atoms with Gasteiger partial charge >= 0.3 is 0 Å². The zero-order chi connectivity index (χ0) is 9.69. The molecule has 0 aromatic carbocycles. The SMILES string of the molecule is CC1CCCC12CC(=O)NC2(C)C. The average molecular weight is 181 g/mol. The van der Waals surface area contributed by atoms with Crippen LogP contribution >= 0.6 is 0 Å². The lowest BCUT2D eigenvalue weighted by atomic mass is 9.66. The largest absolute Gasteiger partial charge is 0.351 e. The number of hydrogen-bond donors (Lipinski definition) is 1. The van der Waals surface area contributed by atoms with E-state index in [1.807, 2.05) is 0 Å². The quantitative estimate of drug-likeness (QED) is 0.609. The summed E-state index contributed by atoms with van der Waals surface area (Å²) in [6.45, 7) is 6.66. The fourth-order valence-electron chi connectivity index (χ4n) is 3.46. The minimum atomic E-state index is 0.0139. The van der Waals surface area contributed by atoms with Crippen molar-refractivity contribution in [1.29, 1.82) is 0 Å². The van der Waals surface area contributed by atoms with Gasteiger partial charge in [0.1, 0.15) is 0 Å². The molecule has 2 fully saturated rings. The number of carbonyl (C=O) groups excluding carboxylic acids is 1. The molecule has 1 heterocycles. The van der Waals surface area contributed by atoms with Gasteiger partial charge in [-0.25, -0.2) is 0 Å². The lowest BCUT2D eigenvalue weighted by Crippen LogP contribution is -2.48. The molecule has 1 aliphatic heterocycles. The summed E-state index contributed by atoms with van der Waals surface area (Å²) in [5.41, 5.74) is 0.268. The van der Waals surface area contributed by atoms with Crippen LogP contribution in [0.3, 0.4) is 0 Å². The summed E-state index contributed by atoms with van der Waals surface area (Å²) in [6.07, 6.45) is 4.55. The highest BCUT2D eigenvalue weighted by atomic mass is 16.2. The summed E-state index contributed by atoms with van der Waals surface area (Å²) in [6, 6.07) is 0. The summed E-state index contributed by atoms with van der Waals surface area (Å²) < 4.78 is 0. The Bertz CT molecular complexity index is 246. The summed E-state index contributed by atoms with van der Waals surface area (Å²) in [5, 5.41) is 3.12. The first-order valence-corrected chi connectivity index (χ1v) is 5.29. The Balaban J connectivity index is 2.35. The molecular weight excluding hydrogens is 162 g/mol. The van der Waals surface area contributed by atoms with Gasteiger partial charge in [0.05, 0.1) is 0 Å². The molecule has 1 saturated heterocycles. The van der Waals surface area contributed by atoms with Gasteiger partial charge in [-0.05, 0) is 26.2 Å². The Morgan fingerprint density at radius 2 is 2.15 bits per heavy atom. The zero-order valence-electron chi connectivity index (χ0n) is 8.81. The fourth-order valence-corrected chi connectivity index (χ4v) is 3.46. The molecule has 2 rings (SSSR count). The Hall–Kier alpha value is -0.530. The molecule has 1 saturated carbocycles. The third-order valence-corrected chi connectivity index (χ3v) is 4.38. The predicted molar refractivity (Wildman–Crippen MR) is 52.3 cm³/mol. The monoisotopic (exact) mass is 181 g/mol. The van der Waals surface area contributed by atoms with E-state index in [0.29, 0.717) is 5.92 Å². The van der Waals surface area contributed by atoms with Crippen LogP contribution < -0.4 is 5.32 Å². The van der Waals surface area contributed by atoms with E-state index in [1.165, 1.54) is 19.3 Å². The second-order valence-electron chi connectivity index (χ2n) is 5.30. The third kappa shape index (κ3) is 1.04. The van der Waals surface area contributed by atoms with Crippen LogP contribution in [0.4, 0.5) is 0 Å². The molecule has 0 bridgehead atoms. The van der Waals surface area contributed by atoms with Gasteiger partial charge in [-0.3, -0.25) is 4.79 Å². The van der Waals surface area contributed by atoms with E-state index < -0.39 is 0 Å². The molecule has 0 aromatic heterocycles. The molecule has 74 valence electrons. The van der Waals surface area contributed by atoms with Gasteiger partial charge in [-0.15, -0.1) is 0 Å². The number of amides is 1. The number of carbonyl (C=O) groups is 1. The molecule has 2 nitrogen and oxygen atoms in total. The van der Waals surface area contributed by atoms with Crippen LogP contribution in [-0.4, -0.2) is 11.4 Å². The smallest absolute Gasteiger partial charge is 0.221 e. The molecule has 2 aliphatic rings. The lowest BCUT2D eigenvalue weighted by molar-refractivity contribution is -0.120. The molecular formula is C11H19NO. The zero-order valence-corrected chi connectivity index (χ0v) is 8.81. The first-order chi connectivity index (χ1) is 5.98. The Morgan fingerprint density at radius 3 is 2.54 bits per heavy atom. The summed E-state index contributed by atoms with van der Waals surface area (Å²) >= 11 is 0. The number of hydrogen-bond acceptors (Lipinski definition) is 1. The minimum Gasteiger partial charge on any atom is -0.351 e. The standard InChI is InChI=1S/C11H19NO/c1-8-5-4-6-11(8)7-9(13)12-10(11,2)3/h8H,4-7H2,1-3H3,(H,12,13). The van der Waals surface area contributed by atoms with Crippen LogP contribution in [0.15, 0.2) is 0 Å². The Kier molecular flexibility index (Phi) is 1.73. The number of nitrogens with one attached hydrogen (secondary N) is 1. The molecule has 2 heteroatoms. The van der Waals surface area contributed by atoms with E-state index in [9.17, 15) is 4.79 Å². The van der Waals surface area contributed by atoms with Crippen LogP contribution in [0.5, 0.6) is 0 Å². The summed E-state index contributed by atoms with van der Waals surface area (Å²) in [7, 11) is 0. The van der Waals surface area contributed by atoms with Crippen LogP contribution in [0.2, 0.25) is 0 Å². The normalized spacial score (nSPS) is 42.7. The highest BCUT2D eigenvalue weighted by Crippen LogP contribution is 2.55. The van der Waals surface area contributed by atoms with Gasteiger partial charge in [-0.2, -0.15) is 0 Å². The van der Waals surface area contributed by atoms with Gasteiger partial charge in [-0.1, -0.05) is 19.8 Å². The number of rotatable bonds is 0. The van der Waals surface area contributed by atoms with Gasteiger partial charge < -0.3 is 5.32 Å². The Morgan fingerprint density at radius 1 is 1.46 bits per heavy atom. The Labute approximate surface area is 80.1 Å². The van der Waals surface area contributed by atoms with Gasteiger partial charge in [0.25, 0.3) is 0 Å². The molecule has 0 aromatic rings. The maximum Gasteiger partial charge on any atom is 0.221 e. The highest BCUT2D eigenvalue weighted by molar-refractivity contribution is 5.81. The molecule has 13 heavy (non-hydrogen) atoms. The van der Waals surface area contributed by atoms with Crippen molar-refractivity contribution in [1.82, 2.24) is 5.32 Å². The second-order valence-corrected chi connectivity index (χ2v) is 5.30. The van der Waals surface area contributed by atoms with Gasteiger partial charge in [0.15, 0.2) is 0 Å². The molecule has 2 atom stereocenters. The average Bonchev–Trinajstić information content (AvgIpc) is 2.41. The second kappa shape index (κ2) is 2.49. The maximum atomic E-state index is 11.5.